The van der Waals surface area contributed by atoms with Gasteiger partial charge in [-0.2, -0.15) is 9.97 Å². The molecule has 4 aromatic rings. The van der Waals surface area contributed by atoms with E-state index in [2.05, 4.69) is 32.7 Å². The van der Waals surface area contributed by atoms with Crippen molar-refractivity contribution < 1.29 is 23.0 Å². The average Bonchev–Trinajstić information content (AvgIpc) is 3.30. The number of rotatable bonds is 7. The van der Waals surface area contributed by atoms with Gasteiger partial charge < -0.3 is 24.6 Å². The number of carbonyl (C=O) groups is 1. The van der Waals surface area contributed by atoms with Crippen LogP contribution in [-0.4, -0.2) is 84.3 Å². The maximum absolute atomic E-state index is 16.7. The lowest BCUT2D eigenvalue weighted by Crippen LogP contribution is -2.44. The molecule has 6 rings (SSSR count). The predicted molar refractivity (Wildman–Crippen MR) is 164 cm³/mol. The summed E-state index contributed by atoms with van der Waals surface area (Å²) < 4.78 is 43.2. The molecule has 11 heteroatoms. The first-order valence-electron chi connectivity index (χ1n) is 14.5. The number of fused-ring (bicyclic) bond motifs is 2. The zero-order chi connectivity index (χ0) is 30.8. The Morgan fingerprint density at radius 1 is 1.27 bits per heavy atom. The molecule has 0 radical (unpaired) electrons. The highest BCUT2D eigenvalue weighted by atomic mass is 19.1. The van der Waals surface area contributed by atoms with Crippen molar-refractivity contribution in [2.45, 2.75) is 24.9 Å². The second-order valence-electron chi connectivity index (χ2n) is 11.0. The number of likely N-dealkylation sites (N-methyl/N-ethyl adjacent to an activating group) is 1. The van der Waals surface area contributed by atoms with E-state index < -0.39 is 11.6 Å². The Hall–Kier alpha value is -4.66. The number of anilines is 1. The third kappa shape index (κ3) is 5.66. The van der Waals surface area contributed by atoms with Crippen LogP contribution in [0.4, 0.5) is 14.6 Å². The Labute approximate surface area is 253 Å². The quantitative estimate of drug-likeness (QED) is 0.251. The maximum atomic E-state index is 16.7. The molecule has 2 aromatic heterocycles. The minimum atomic E-state index is -0.712. The van der Waals surface area contributed by atoms with Crippen molar-refractivity contribution in [2.24, 2.45) is 0 Å². The number of aromatic nitrogens is 3. The van der Waals surface area contributed by atoms with Gasteiger partial charge in [-0.1, -0.05) is 36.8 Å². The van der Waals surface area contributed by atoms with Gasteiger partial charge in [-0.25, -0.2) is 8.78 Å². The van der Waals surface area contributed by atoms with Crippen LogP contribution in [0.3, 0.4) is 0 Å². The minimum absolute atomic E-state index is 0.00211. The Balaban J connectivity index is 1.48. The highest BCUT2D eigenvalue weighted by Gasteiger charge is 2.27. The van der Waals surface area contributed by atoms with Crippen molar-refractivity contribution in [1.29, 1.82) is 0 Å². The second kappa shape index (κ2) is 12.5. The summed E-state index contributed by atoms with van der Waals surface area (Å²) in [6.45, 7) is 6.26. The third-order valence-corrected chi connectivity index (χ3v) is 8.21. The van der Waals surface area contributed by atoms with Crippen LogP contribution in [0.2, 0.25) is 0 Å². The molecule has 1 unspecified atom stereocenters. The smallest absolute Gasteiger partial charge is 0.319 e. The van der Waals surface area contributed by atoms with Gasteiger partial charge in [0.05, 0.1) is 30.2 Å². The third-order valence-electron chi connectivity index (χ3n) is 8.21. The first-order chi connectivity index (χ1) is 21.4. The van der Waals surface area contributed by atoms with E-state index in [1.54, 1.807) is 24.3 Å². The number of nitrogens with one attached hydrogen (secondary N) is 1. The summed E-state index contributed by atoms with van der Waals surface area (Å²) in [5, 5.41) is 4.28. The molecule has 226 valence electrons. The molecular formula is C33H32F2N6O3. The predicted octanol–water partition coefficient (Wildman–Crippen LogP) is 4.08. The SMILES string of the molecule is C#Cc1c(F)ccc2cccc(-c3ncc4c(N5CCOCC(NC(=O)C=C)C5)nc(OC[C@@H]5CCCN5C)nc4c3F)c12. The summed E-state index contributed by atoms with van der Waals surface area (Å²) in [6.07, 6.45) is 10.4. The van der Waals surface area contributed by atoms with Gasteiger partial charge in [0.2, 0.25) is 5.91 Å². The van der Waals surface area contributed by atoms with Crippen LogP contribution in [0.25, 0.3) is 32.9 Å². The van der Waals surface area contributed by atoms with Crippen molar-refractivity contribution in [3.8, 4) is 29.6 Å². The van der Waals surface area contributed by atoms with Crippen molar-refractivity contribution in [2.75, 3.05) is 51.4 Å². The molecule has 1 amide bonds. The van der Waals surface area contributed by atoms with E-state index in [1.807, 2.05) is 11.9 Å². The number of likely N-dealkylation sites (tertiary alicyclic amines) is 1. The molecule has 2 aromatic carbocycles. The van der Waals surface area contributed by atoms with Gasteiger partial charge in [-0.15, -0.1) is 6.42 Å². The molecule has 0 bridgehead atoms. The van der Waals surface area contributed by atoms with Gasteiger partial charge in [0.1, 0.15) is 29.5 Å². The van der Waals surface area contributed by atoms with E-state index in [-0.39, 0.29) is 40.8 Å². The summed E-state index contributed by atoms with van der Waals surface area (Å²) in [5.74, 6) is 1.20. The van der Waals surface area contributed by atoms with Crippen molar-refractivity contribution in [3.05, 3.63) is 66.4 Å². The topological polar surface area (TPSA) is 92.7 Å². The lowest BCUT2D eigenvalue weighted by atomic mass is 9.96. The van der Waals surface area contributed by atoms with Crippen molar-refractivity contribution >= 4 is 33.4 Å². The summed E-state index contributed by atoms with van der Waals surface area (Å²) in [4.78, 5) is 29.9. The fourth-order valence-electron chi connectivity index (χ4n) is 5.92. The van der Waals surface area contributed by atoms with Crippen LogP contribution in [-0.2, 0) is 9.53 Å². The molecule has 4 heterocycles. The molecule has 2 aliphatic rings. The van der Waals surface area contributed by atoms with Gasteiger partial charge in [0.15, 0.2) is 5.82 Å². The highest BCUT2D eigenvalue weighted by molar-refractivity contribution is 6.02. The van der Waals surface area contributed by atoms with E-state index in [1.165, 1.54) is 18.3 Å². The van der Waals surface area contributed by atoms with Crippen LogP contribution in [0.15, 0.2) is 49.2 Å². The standard InChI is InChI=1S/C33H32F2N6O3/c1-4-23-26(34)12-11-20-8-6-10-24(28(20)23)30-29(35)31-25(16-36-30)32(39-33(38-31)44-19-22-9-7-13-40(22)3)41-14-15-43-18-21(17-41)37-27(42)5-2/h1,5-6,8,10-12,16,21-22H,2,7,9,13-15,17-19H2,3H3,(H,37,42)/t21?,22-/m0/s1. The Bertz CT molecular complexity index is 1790. The number of halogens is 2. The fourth-order valence-corrected chi connectivity index (χ4v) is 5.92. The average molecular weight is 599 g/mol. The van der Waals surface area contributed by atoms with Gasteiger partial charge in [0.25, 0.3) is 0 Å². The number of pyridine rings is 1. The molecule has 0 aliphatic carbocycles. The van der Waals surface area contributed by atoms with Crippen molar-refractivity contribution in [3.63, 3.8) is 0 Å². The Kier molecular flexibility index (Phi) is 8.37. The molecule has 0 saturated carbocycles. The number of nitrogens with zero attached hydrogens (tertiary/aromatic N) is 5. The summed E-state index contributed by atoms with van der Waals surface area (Å²) in [6, 6.07) is 7.93. The first-order valence-corrected chi connectivity index (χ1v) is 14.5. The van der Waals surface area contributed by atoms with Crippen LogP contribution in [0, 0.1) is 24.0 Å². The van der Waals surface area contributed by atoms with Gasteiger partial charge in [-0.05, 0) is 44.0 Å². The molecular weight excluding hydrogens is 566 g/mol. The van der Waals surface area contributed by atoms with Gasteiger partial charge in [0, 0.05) is 36.3 Å². The Morgan fingerprint density at radius 2 is 2.14 bits per heavy atom. The molecule has 2 aliphatic heterocycles. The van der Waals surface area contributed by atoms with Crippen LogP contribution in [0.1, 0.15) is 18.4 Å². The maximum Gasteiger partial charge on any atom is 0.319 e. The van der Waals surface area contributed by atoms with E-state index >= 15 is 4.39 Å². The molecule has 2 fully saturated rings. The van der Waals surface area contributed by atoms with Crippen LogP contribution < -0.4 is 15.0 Å². The Morgan fingerprint density at radius 3 is 2.91 bits per heavy atom. The summed E-state index contributed by atoms with van der Waals surface area (Å²) in [5.41, 5.74) is 0.360. The fraction of sp³-hybridized carbons (Fsp3) is 0.333. The number of benzene rings is 2. The van der Waals surface area contributed by atoms with E-state index in [9.17, 15) is 9.18 Å². The largest absolute Gasteiger partial charge is 0.462 e. The minimum Gasteiger partial charge on any atom is -0.462 e. The normalized spacial score (nSPS) is 19.1. The zero-order valence-electron chi connectivity index (χ0n) is 24.4. The van der Waals surface area contributed by atoms with Crippen LogP contribution >= 0.6 is 0 Å². The first kappa shape index (κ1) is 29.4. The number of amides is 1. The number of terminal acetylenes is 1. The van der Waals surface area contributed by atoms with Gasteiger partial charge in [-0.3, -0.25) is 9.78 Å². The van der Waals surface area contributed by atoms with E-state index in [0.29, 0.717) is 60.5 Å². The lowest BCUT2D eigenvalue weighted by Gasteiger charge is -2.26. The number of ether oxygens (including phenoxy) is 2. The molecule has 2 atom stereocenters. The number of hydrogen-bond acceptors (Lipinski definition) is 8. The van der Waals surface area contributed by atoms with E-state index in [0.717, 1.165) is 19.4 Å². The number of hydrogen-bond donors (Lipinski definition) is 1. The van der Waals surface area contributed by atoms with E-state index in [4.69, 9.17) is 20.9 Å². The molecule has 44 heavy (non-hydrogen) atoms. The zero-order valence-corrected chi connectivity index (χ0v) is 24.4. The van der Waals surface area contributed by atoms with Gasteiger partial charge >= 0.3 is 6.01 Å². The monoisotopic (exact) mass is 598 g/mol. The highest BCUT2D eigenvalue weighted by Crippen LogP contribution is 2.36. The second-order valence-corrected chi connectivity index (χ2v) is 11.0. The van der Waals surface area contributed by atoms with Crippen molar-refractivity contribution in [1.82, 2.24) is 25.2 Å². The summed E-state index contributed by atoms with van der Waals surface area (Å²) >= 11 is 0. The molecule has 9 nitrogen and oxygen atoms in total. The molecule has 1 N–H and O–H groups in total. The van der Waals surface area contributed by atoms with Crippen LogP contribution in [0.5, 0.6) is 6.01 Å². The lowest BCUT2D eigenvalue weighted by molar-refractivity contribution is -0.117. The number of carbonyl (C=O) groups excluding carboxylic acids is 1. The molecule has 0 spiro atoms. The molecule has 2 saturated heterocycles. The summed E-state index contributed by atoms with van der Waals surface area (Å²) in [7, 11) is 2.04.